The molecular weight excluding hydrogens is 130 g/mol. The average molecular weight is 138 g/mol. The molecule has 53 valence electrons. The Balaban J connectivity index is 2.87. The molecular formula is C7H8NO2. The molecule has 1 aromatic heterocycles. The standard InChI is InChI=1S/C7H8NO2/c1-9-6-3-7(10-2)5-8-4-6/h3-4H,1-2H3. The van der Waals surface area contributed by atoms with Crippen molar-refractivity contribution in [1.29, 1.82) is 0 Å². The van der Waals surface area contributed by atoms with Crippen LogP contribution in [0.5, 0.6) is 11.5 Å². The fourth-order valence-corrected chi connectivity index (χ4v) is 0.574. The molecule has 0 unspecified atom stereocenters. The molecule has 0 aliphatic carbocycles. The molecule has 10 heavy (non-hydrogen) atoms. The number of hydrogen-bond donors (Lipinski definition) is 0. The zero-order chi connectivity index (χ0) is 7.40. The van der Waals surface area contributed by atoms with Gasteiger partial charge < -0.3 is 9.47 Å². The molecule has 0 saturated heterocycles. The highest BCUT2D eigenvalue weighted by molar-refractivity contribution is 5.26. The van der Waals surface area contributed by atoms with E-state index < -0.39 is 0 Å². The highest BCUT2D eigenvalue weighted by atomic mass is 16.5. The minimum Gasteiger partial charge on any atom is -0.495 e. The van der Waals surface area contributed by atoms with Crippen molar-refractivity contribution in [1.82, 2.24) is 4.98 Å². The van der Waals surface area contributed by atoms with Gasteiger partial charge in [-0.2, -0.15) is 0 Å². The molecule has 3 heteroatoms. The molecule has 0 atom stereocenters. The number of pyridine rings is 1. The van der Waals surface area contributed by atoms with Crippen LogP contribution in [0, 0.1) is 6.20 Å². The van der Waals surface area contributed by atoms with Crippen LogP contribution in [-0.2, 0) is 0 Å². The van der Waals surface area contributed by atoms with Crippen molar-refractivity contribution in [2.45, 2.75) is 0 Å². The Morgan fingerprint density at radius 1 is 1.40 bits per heavy atom. The number of rotatable bonds is 2. The third kappa shape index (κ3) is 1.37. The van der Waals surface area contributed by atoms with Crippen LogP contribution in [0.4, 0.5) is 0 Å². The van der Waals surface area contributed by atoms with E-state index in [1.165, 1.54) is 0 Å². The second-order valence-electron chi connectivity index (χ2n) is 1.69. The van der Waals surface area contributed by atoms with Crippen LogP contribution in [0.2, 0.25) is 0 Å². The molecule has 0 bridgehead atoms. The zero-order valence-electron chi connectivity index (χ0n) is 5.92. The van der Waals surface area contributed by atoms with Crippen molar-refractivity contribution < 1.29 is 9.47 Å². The van der Waals surface area contributed by atoms with E-state index in [1.54, 1.807) is 26.5 Å². The first-order valence-electron chi connectivity index (χ1n) is 2.82. The van der Waals surface area contributed by atoms with Gasteiger partial charge in [-0.05, 0) is 0 Å². The molecule has 0 saturated carbocycles. The maximum Gasteiger partial charge on any atom is 0.150 e. The lowest BCUT2D eigenvalue weighted by molar-refractivity contribution is 0.390. The highest BCUT2D eigenvalue weighted by Gasteiger charge is 1.93. The number of hydrogen-bond acceptors (Lipinski definition) is 3. The smallest absolute Gasteiger partial charge is 0.150 e. The number of methoxy groups -OCH3 is 2. The largest absolute Gasteiger partial charge is 0.495 e. The summed E-state index contributed by atoms with van der Waals surface area (Å²) < 4.78 is 9.75. The van der Waals surface area contributed by atoms with E-state index in [4.69, 9.17) is 9.47 Å². The van der Waals surface area contributed by atoms with E-state index in [2.05, 4.69) is 11.2 Å². The minimum atomic E-state index is 0.583. The predicted octanol–water partition coefficient (Wildman–Crippen LogP) is 0.899. The van der Waals surface area contributed by atoms with Crippen molar-refractivity contribution in [3.8, 4) is 11.5 Å². The maximum absolute atomic E-state index is 4.89. The highest BCUT2D eigenvalue weighted by Crippen LogP contribution is 2.14. The second kappa shape index (κ2) is 3.06. The average Bonchev–Trinajstić information content (AvgIpc) is 2.05. The van der Waals surface area contributed by atoms with Gasteiger partial charge in [-0.1, -0.05) is 0 Å². The van der Waals surface area contributed by atoms with Crippen molar-refractivity contribution in [2.24, 2.45) is 0 Å². The first-order valence-corrected chi connectivity index (χ1v) is 2.82. The Labute approximate surface area is 59.6 Å². The molecule has 0 fully saturated rings. The molecule has 0 aliphatic rings. The molecule has 0 amide bonds. The molecule has 3 nitrogen and oxygen atoms in total. The van der Waals surface area contributed by atoms with Crippen molar-refractivity contribution in [3.05, 3.63) is 18.5 Å². The molecule has 0 aliphatic heterocycles. The molecule has 1 rings (SSSR count). The zero-order valence-corrected chi connectivity index (χ0v) is 5.92. The predicted molar refractivity (Wildman–Crippen MR) is 36.2 cm³/mol. The van der Waals surface area contributed by atoms with Gasteiger partial charge in [0.2, 0.25) is 0 Å². The van der Waals surface area contributed by atoms with Gasteiger partial charge in [0, 0.05) is 6.07 Å². The molecule has 0 spiro atoms. The lowest BCUT2D eigenvalue weighted by Gasteiger charge is -1.99. The van der Waals surface area contributed by atoms with Crippen molar-refractivity contribution in [3.63, 3.8) is 0 Å². The summed E-state index contributed by atoms with van der Waals surface area (Å²) in [6.07, 6.45) is 4.21. The lowest BCUT2D eigenvalue weighted by Crippen LogP contribution is -1.87. The van der Waals surface area contributed by atoms with Crippen LogP contribution in [0.15, 0.2) is 12.3 Å². The van der Waals surface area contributed by atoms with E-state index in [1.807, 2.05) is 0 Å². The van der Waals surface area contributed by atoms with Gasteiger partial charge in [0.05, 0.1) is 20.4 Å². The summed E-state index contributed by atoms with van der Waals surface area (Å²) in [7, 11) is 3.14. The van der Waals surface area contributed by atoms with E-state index >= 15 is 0 Å². The van der Waals surface area contributed by atoms with Gasteiger partial charge in [0.1, 0.15) is 11.9 Å². The van der Waals surface area contributed by atoms with Crippen LogP contribution in [0.3, 0.4) is 0 Å². The summed E-state index contributed by atoms with van der Waals surface area (Å²) in [6, 6.07) is 1.72. The van der Waals surface area contributed by atoms with Gasteiger partial charge in [0.15, 0.2) is 5.75 Å². The summed E-state index contributed by atoms with van der Waals surface area (Å²) in [6.45, 7) is 0. The van der Waals surface area contributed by atoms with E-state index in [0.717, 1.165) is 0 Å². The van der Waals surface area contributed by atoms with E-state index in [9.17, 15) is 0 Å². The fourth-order valence-electron chi connectivity index (χ4n) is 0.574. The third-order valence-electron chi connectivity index (χ3n) is 1.10. The molecule has 1 radical (unpaired) electrons. The molecule has 1 heterocycles. The first kappa shape index (κ1) is 6.86. The topological polar surface area (TPSA) is 31.4 Å². The molecule has 0 N–H and O–H groups in total. The minimum absolute atomic E-state index is 0.583. The van der Waals surface area contributed by atoms with Crippen LogP contribution in [0.25, 0.3) is 0 Å². The first-order chi connectivity index (χ1) is 4.86. The van der Waals surface area contributed by atoms with E-state index in [-0.39, 0.29) is 0 Å². The van der Waals surface area contributed by atoms with Gasteiger partial charge in [-0.15, -0.1) is 0 Å². The quantitative estimate of drug-likeness (QED) is 0.608. The van der Waals surface area contributed by atoms with Crippen LogP contribution in [0.1, 0.15) is 0 Å². The summed E-state index contributed by atoms with van der Waals surface area (Å²) >= 11 is 0. The summed E-state index contributed by atoms with van der Waals surface area (Å²) in [4.78, 5) is 3.75. The summed E-state index contributed by atoms with van der Waals surface area (Å²) in [5.41, 5.74) is 0. The van der Waals surface area contributed by atoms with Crippen molar-refractivity contribution in [2.75, 3.05) is 14.2 Å². The SMILES string of the molecule is COc1[c]ncc(OC)c1. The van der Waals surface area contributed by atoms with Gasteiger partial charge >= 0.3 is 0 Å². The Morgan fingerprint density at radius 2 is 2.20 bits per heavy atom. The third-order valence-corrected chi connectivity index (χ3v) is 1.10. The Morgan fingerprint density at radius 3 is 2.80 bits per heavy atom. The van der Waals surface area contributed by atoms with Crippen LogP contribution >= 0.6 is 0 Å². The molecule has 0 aromatic carbocycles. The van der Waals surface area contributed by atoms with Gasteiger partial charge in [-0.25, -0.2) is 4.98 Å². The fraction of sp³-hybridized carbons (Fsp3) is 0.286. The van der Waals surface area contributed by atoms with Crippen LogP contribution in [-0.4, -0.2) is 19.2 Å². The molecule has 1 aromatic rings. The monoisotopic (exact) mass is 138 g/mol. The normalized spacial score (nSPS) is 9.00. The van der Waals surface area contributed by atoms with E-state index in [0.29, 0.717) is 11.5 Å². The van der Waals surface area contributed by atoms with Gasteiger partial charge in [0.25, 0.3) is 0 Å². The second-order valence-corrected chi connectivity index (χ2v) is 1.69. The summed E-state index contributed by atoms with van der Waals surface area (Å²) in [5, 5.41) is 0. The number of nitrogens with zero attached hydrogens (tertiary/aromatic N) is 1. The lowest BCUT2D eigenvalue weighted by atomic mass is 10.4. The van der Waals surface area contributed by atoms with Gasteiger partial charge in [-0.3, -0.25) is 0 Å². The number of ether oxygens (including phenoxy) is 2. The Kier molecular flexibility index (Phi) is 2.10. The number of aromatic nitrogens is 1. The summed E-state index contributed by atoms with van der Waals surface area (Å²) in [5.74, 6) is 1.26. The van der Waals surface area contributed by atoms with Crippen LogP contribution < -0.4 is 9.47 Å². The maximum atomic E-state index is 4.89. The Hall–Kier alpha value is -1.25. The Bertz CT molecular complexity index is 193. The van der Waals surface area contributed by atoms with Crippen molar-refractivity contribution >= 4 is 0 Å².